The molecule has 2 amide bonds. The molecule has 0 spiro atoms. The van der Waals surface area contributed by atoms with Crippen LogP contribution < -0.4 is 5.32 Å². The molecule has 0 aliphatic carbocycles. The topological polar surface area (TPSA) is 71.3 Å². The van der Waals surface area contributed by atoms with Gasteiger partial charge in [0, 0.05) is 32.1 Å². The molecule has 3 rings (SSSR count). The van der Waals surface area contributed by atoms with Crippen molar-refractivity contribution in [2.24, 2.45) is 0 Å². The van der Waals surface area contributed by atoms with Crippen LogP contribution in [0.3, 0.4) is 0 Å². The highest BCUT2D eigenvalue weighted by atomic mass is 16.5. The zero-order valence-corrected chi connectivity index (χ0v) is 15.7. The second-order valence-electron chi connectivity index (χ2n) is 6.39. The molecule has 140 valence electrons. The Morgan fingerprint density at radius 2 is 1.81 bits per heavy atom. The van der Waals surface area contributed by atoms with E-state index in [0.29, 0.717) is 24.8 Å². The molecule has 2 aromatic carbocycles. The number of rotatable bonds is 7. The molecule has 0 fully saturated rings. The van der Waals surface area contributed by atoms with E-state index in [4.69, 9.17) is 4.52 Å². The van der Waals surface area contributed by atoms with Crippen molar-refractivity contribution in [2.45, 2.75) is 26.3 Å². The maximum Gasteiger partial charge on any atom is 0.317 e. The Labute approximate surface area is 159 Å². The first-order valence-corrected chi connectivity index (χ1v) is 9.10. The molecule has 0 atom stereocenters. The maximum atomic E-state index is 12.2. The molecule has 0 saturated heterocycles. The van der Waals surface area contributed by atoms with Gasteiger partial charge in [0.1, 0.15) is 0 Å². The van der Waals surface area contributed by atoms with Crippen molar-refractivity contribution in [1.82, 2.24) is 20.4 Å². The van der Waals surface area contributed by atoms with E-state index in [2.05, 4.69) is 15.5 Å². The molecule has 27 heavy (non-hydrogen) atoms. The Balaban J connectivity index is 1.46. The van der Waals surface area contributed by atoms with Gasteiger partial charge < -0.3 is 14.7 Å². The molecule has 1 N–H and O–H groups in total. The Hall–Kier alpha value is -3.15. The van der Waals surface area contributed by atoms with Crippen molar-refractivity contribution >= 4 is 6.03 Å². The van der Waals surface area contributed by atoms with Crippen molar-refractivity contribution in [3.8, 4) is 11.5 Å². The second kappa shape index (κ2) is 8.98. The lowest BCUT2D eigenvalue weighted by Crippen LogP contribution is -2.37. The highest BCUT2D eigenvalue weighted by Gasteiger charge is 2.09. The number of nitrogens with one attached hydrogen (secondary N) is 1. The van der Waals surface area contributed by atoms with E-state index >= 15 is 0 Å². The predicted octanol–water partition coefficient (Wildman–Crippen LogP) is 3.68. The molecule has 1 heterocycles. The van der Waals surface area contributed by atoms with Crippen molar-refractivity contribution < 1.29 is 9.32 Å². The summed E-state index contributed by atoms with van der Waals surface area (Å²) in [6, 6.07) is 17.8. The van der Waals surface area contributed by atoms with E-state index in [1.54, 1.807) is 11.9 Å². The lowest BCUT2D eigenvalue weighted by molar-refractivity contribution is 0.207. The third kappa shape index (κ3) is 5.17. The fourth-order valence-electron chi connectivity index (χ4n) is 2.71. The fraction of sp³-hybridized carbons (Fsp3) is 0.286. The number of carbonyl (C=O) groups excluding carboxylic acids is 1. The first-order valence-electron chi connectivity index (χ1n) is 9.10. The summed E-state index contributed by atoms with van der Waals surface area (Å²) >= 11 is 0. The van der Waals surface area contributed by atoms with Crippen molar-refractivity contribution in [3.05, 3.63) is 71.5 Å². The van der Waals surface area contributed by atoms with Gasteiger partial charge in [0.15, 0.2) is 5.82 Å². The minimum Gasteiger partial charge on any atom is -0.338 e. The predicted molar refractivity (Wildman–Crippen MR) is 104 cm³/mol. The zero-order chi connectivity index (χ0) is 19.1. The lowest BCUT2D eigenvalue weighted by atomic mass is 10.1. The smallest absolute Gasteiger partial charge is 0.317 e. The van der Waals surface area contributed by atoms with E-state index in [1.807, 2.05) is 61.5 Å². The third-order valence-electron chi connectivity index (χ3n) is 4.28. The number of urea groups is 1. The van der Waals surface area contributed by atoms with Gasteiger partial charge in [0.25, 0.3) is 5.89 Å². The lowest BCUT2D eigenvalue weighted by Gasteiger charge is -2.18. The number of hydrogen-bond acceptors (Lipinski definition) is 4. The Bertz CT molecular complexity index is 859. The van der Waals surface area contributed by atoms with Gasteiger partial charge in [-0.15, -0.1) is 0 Å². The SMILES string of the molecule is CCc1noc(-c2ccc(CCNC(=O)N(C)Cc3ccccc3)cc2)n1. The average molecular weight is 364 g/mol. The number of amides is 2. The number of hydrogen-bond donors (Lipinski definition) is 1. The molecule has 3 aromatic rings. The van der Waals surface area contributed by atoms with Crippen molar-refractivity contribution in [1.29, 1.82) is 0 Å². The van der Waals surface area contributed by atoms with Crippen LogP contribution in [-0.4, -0.2) is 34.7 Å². The second-order valence-corrected chi connectivity index (χ2v) is 6.39. The van der Waals surface area contributed by atoms with Gasteiger partial charge in [-0.05, 0) is 29.7 Å². The molecule has 6 nitrogen and oxygen atoms in total. The quantitative estimate of drug-likeness (QED) is 0.694. The van der Waals surface area contributed by atoms with Gasteiger partial charge in [-0.2, -0.15) is 4.98 Å². The van der Waals surface area contributed by atoms with E-state index in [-0.39, 0.29) is 6.03 Å². The van der Waals surface area contributed by atoms with Crippen LogP contribution in [-0.2, 0) is 19.4 Å². The van der Waals surface area contributed by atoms with Gasteiger partial charge in [-0.25, -0.2) is 4.79 Å². The molecule has 0 aliphatic heterocycles. The minimum absolute atomic E-state index is 0.0755. The van der Waals surface area contributed by atoms with Crippen LogP contribution in [0.4, 0.5) is 4.79 Å². The summed E-state index contributed by atoms with van der Waals surface area (Å²) in [6.45, 7) is 3.16. The van der Waals surface area contributed by atoms with E-state index < -0.39 is 0 Å². The molecular weight excluding hydrogens is 340 g/mol. The van der Waals surface area contributed by atoms with Crippen LogP contribution in [0.2, 0.25) is 0 Å². The molecule has 0 unspecified atom stereocenters. The van der Waals surface area contributed by atoms with Crippen LogP contribution >= 0.6 is 0 Å². The molecule has 0 saturated carbocycles. The van der Waals surface area contributed by atoms with E-state index in [9.17, 15) is 4.79 Å². The summed E-state index contributed by atoms with van der Waals surface area (Å²) in [5, 5.41) is 6.87. The van der Waals surface area contributed by atoms with Gasteiger partial charge in [-0.1, -0.05) is 54.5 Å². The highest BCUT2D eigenvalue weighted by molar-refractivity contribution is 5.73. The fourth-order valence-corrected chi connectivity index (χ4v) is 2.71. The number of carbonyl (C=O) groups is 1. The zero-order valence-electron chi connectivity index (χ0n) is 15.7. The number of aromatic nitrogens is 2. The molecule has 1 aromatic heterocycles. The number of aryl methyl sites for hydroxylation is 1. The van der Waals surface area contributed by atoms with Crippen molar-refractivity contribution in [2.75, 3.05) is 13.6 Å². The standard InChI is InChI=1S/C21H24N4O2/c1-3-19-23-20(27-24-19)18-11-9-16(10-12-18)13-14-22-21(26)25(2)15-17-7-5-4-6-8-17/h4-12H,3,13-15H2,1-2H3,(H,22,26). The molecule has 6 heteroatoms. The monoisotopic (exact) mass is 364 g/mol. The molecule has 0 aliphatic rings. The molecule has 0 radical (unpaired) electrons. The minimum atomic E-state index is -0.0755. The molecular formula is C21H24N4O2. The largest absolute Gasteiger partial charge is 0.338 e. The Morgan fingerprint density at radius 3 is 2.48 bits per heavy atom. The van der Waals surface area contributed by atoms with Crippen molar-refractivity contribution in [3.63, 3.8) is 0 Å². The highest BCUT2D eigenvalue weighted by Crippen LogP contribution is 2.18. The Morgan fingerprint density at radius 1 is 1.07 bits per heavy atom. The van der Waals surface area contributed by atoms with Gasteiger partial charge in [-0.3, -0.25) is 0 Å². The maximum absolute atomic E-state index is 12.2. The van der Waals surface area contributed by atoms with E-state index in [1.165, 1.54) is 0 Å². The van der Waals surface area contributed by atoms with Crippen LogP contribution in [0.1, 0.15) is 23.9 Å². The van der Waals surface area contributed by atoms with Gasteiger partial charge in [0.2, 0.25) is 0 Å². The number of benzene rings is 2. The molecule has 0 bridgehead atoms. The Kier molecular flexibility index (Phi) is 6.20. The summed E-state index contributed by atoms with van der Waals surface area (Å²) in [5.74, 6) is 1.24. The van der Waals surface area contributed by atoms with Crippen LogP contribution in [0, 0.1) is 0 Å². The number of nitrogens with zero attached hydrogens (tertiary/aromatic N) is 3. The van der Waals surface area contributed by atoms with E-state index in [0.717, 1.165) is 29.5 Å². The average Bonchev–Trinajstić information content (AvgIpc) is 3.18. The first kappa shape index (κ1) is 18.6. The van der Waals surface area contributed by atoms with Crippen LogP contribution in [0.25, 0.3) is 11.5 Å². The first-order chi connectivity index (χ1) is 13.2. The van der Waals surface area contributed by atoms with Crippen LogP contribution in [0.15, 0.2) is 59.1 Å². The summed E-state index contributed by atoms with van der Waals surface area (Å²) in [6.07, 6.45) is 1.51. The summed E-state index contributed by atoms with van der Waals surface area (Å²) < 4.78 is 5.25. The summed E-state index contributed by atoms with van der Waals surface area (Å²) in [4.78, 5) is 18.2. The van der Waals surface area contributed by atoms with Gasteiger partial charge in [0.05, 0.1) is 0 Å². The summed E-state index contributed by atoms with van der Waals surface area (Å²) in [5.41, 5.74) is 3.15. The van der Waals surface area contributed by atoms with Gasteiger partial charge >= 0.3 is 6.03 Å². The van der Waals surface area contributed by atoms with Crippen LogP contribution in [0.5, 0.6) is 0 Å². The summed E-state index contributed by atoms with van der Waals surface area (Å²) in [7, 11) is 1.80. The third-order valence-corrected chi connectivity index (χ3v) is 4.28. The normalized spacial score (nSPS) is 10.6.